The molecule has 0 saturated carbocycles. The Morgan fingerprint density at radius 2 is 1.96 bits per heavy atom. The van der Waals surface area contributed by atoms with Gasteiger partial charge in [0, 0.05) is 17.5 Å². The van der Waals surface area contributed by atoms with E-state index < -0.39 is 0 Å². The summed E-state index contributed by atoms with van der Waals surface area (Å²) in [6, 6.07) is 9.49. The third kappa shape index (κ3) is 2.67. The van der Waals surface area contributed by atoms with Crippen LogP contribution >= 0.6 is 0 Å². The lowest BCUT2D eigenvalue weighted by molar-refractivity contribution is 0.0933. The van der Waals surface area contributed by atoms with E-state index >= 15 is 0 Å². The van der Waals surface area contributed by atoms with Crippen LogP contribution in [0.3, 0.4) is 0 Å². The first-order valence-corrected chi connectivity index (χ1v) is 7.32. The van der Waals surface area contributed by atoms with Gasteiger partial charge < -0.3 is 19.5 Å². The number of benzene rings is 2. The number of rotatable bonds is 3. The van der Waals surface area contributed by atoms with E-state index in [-0.39, 0.29) is 24.6 Å². The maximum Gasteiger partial charge on any atom is 0.251 e. The lowest BCUT2D eigenvalue weighted by Crippen LogP contribution is -2.34. The molecule has 2 aliphatic rings. The van der Waals surface area contributed by atoms with Crippen molar-refractivity contribution in [3.05, 3.63) is 53.3 Å². The summed E-state index contributed by atoms with van der Waals surface area (Å²) in [5, 5.41) is 2.83. The third-order valence-corrected chi connectivity index (χ3v) is 3.89. The van der Waals surface area contributed by atoms with Crippen LogP contribution in [0.1, 0.15) is 15.9 Å². The van der Waals surface area contributed by atoms with Crippen molar-refractivity contribution >= 4 is 5.91 Å². The average molecular weight is 315 g/mol. The fourth-order valence-corrected chi connectivity index (χ4v) is 2.75. The molecule has 0 bridgehead atoms. The Kier molecular flexibility index (Phi) is 3.29. The Hall–Kier alpha value is -2.76. The Labute approximate surface area is 132 Å². The molecule has 118 valence electrons. The van der Waals surface area contributed by atoms with Gasteiger partial charge in [-0.2, -0.15) is 0 Å². The molecule has 5 nitrogen and oxygen atoms in total. The molecule has 0 saturated heterocycles. The first-order valence-electron chi connectivity index (χ1n) is 7.32. The van der Waals surface area contributed by atoms with Gasteiger partial charge in [0.15, 0.2) is 11.5 Å². The van der Waals surface area contributed by atoms with Gasteiger partial charge in [-0.1, -0.05) is 0 Å². The maximum atomic E-state index is 13.2. The zero-order valence-corrected chi connectivity index (χ0v) is 12.2. The number of nitrogens with one attached hydrogen (secondary N) is 1. The smallest absolute Gasteiger partial charge is 0.251 e. The second kappa shape index (κ2) is 5.46. The van der Waals surface area contributed by atoms with E-state index in [9.17, 15) is 9.18 Å². The van der Waals surface area contributed by atoms with Gasteiger partial charge in [0.05, 0.1) is 6.54 Å². The van der Waals surface area contributed by atoms with E-state index in [1.165, 1.54) is 12.1 Å². The molecule has 2 aliphatic heterocycles. The van der Waals surface area contributed by atoms with Crippen molar-refractivity contribution in [2.24, 2.45) is 0 Å². The van der Waals surface area contributed by atoms with Crippen LogP contribution in [0.5, 0.6) is 17.2 Å². The first-order chi connectivity index (χ1) is 11.2. The largest absolute Gasteiger partial charge is 0.488 e. The molecule has 6 heteroatoms. The monoisotopic (exact) mass is 315 g/mol. The quantitative estimate of drug-likeness (QED) is 0.944. The van der Waals surface area contributed by atoms with Gasteiger partial charge in [0.1, 0.15) is 17.7 Å². The number of carbonyl (C=O) groups excluding carboxylic acids is 1. The Balaban J connectivity index is 1.37. The number of carbonyl (C=O) groups is 1. The number of hydrogen-bond acceptors (Lipinski definition) is 4. The molecule has 4 rings (SSSR count). The Bertz CT molecular complexity index is 777. The molecule has 2 heterocycles. The topological polar surface area (TPSA) is 56.8 Å². The molecule has 1 N–H and O–H groups in total. The summed E-state index contributed by atoms with van der Waals surface area (Å²) in [5.74, 6) is 1.39. The summed E-state index contributed by atoms with van der Waals surface area (Å²) >= 11 is 0. The van der Waals surface area contributed by atoms with Gasteiger partial charge in [0.25, 0.3) is 5.91 Å². The van der Waals surface area contributed by atoms with E-state index in [1.54, 1.807) is 24.3 Å². The minimum atomic E-state index is -0.280. The van der Waals surface area contributed by atoms with Crippen molar-refractivity contribution in [1.29, 1.82) is 0 Å². The zero-order chi connectivity index (χ0) is 15.8. The number of fused-ring (bicyclic) bond motifs is 2. The lowest BCUT2D eigenvalue weighted by Gasteiger charge is -2.12. The van der Waals surface area contributed by atoms with Crippen LogP contribution in [-0.2, 0) is 6.42 Å². The minimum absolute atomic E-state index is 0.172. The Morgan fingerprint density at radius 3 is 2.87 bits per heavy atom. The molecule has 0 radical (unpaired) electrons. The molecule has 2 aromatic carbocycles. The number of amides is 1. The van der Waals surface area contributed by atoms with E-state index in [1.807, 2.05) is 0 Å². The number of halogens is 1. The van der Waals surface area contributed by atoms with Crippen molar-refractivity contribution in [2.45, 2.75) is 12.5 Å². The second-order valence-electron chi connectivity index (χ2n) is 5.47. The summed E-state index contributed by atoms with van der Waals surface area (Å²) in [6.07, 6.45) is 0.388. The highest BCUT2D eigenvalue weighted by molar-refractivity contribution is 5.94. The highest BCUT2D eigenvalue weighted by Crippen LogP contribution is 2.32. The second-order valence-corrected chi connectivity index (χ2v) is 5.47. The van der Waals surface area contributed by atoms with Gasteiger partial charge in [-0.25, -0.2) is 4.39 Å². The zero-order valence-electron chi connectivity index (χ0n) is 12.2. The van der Waals surface area contributed by atoms with Crippen molar-refractivity contribution in [2.75, 3.05) is 13.3 Å². The van der Waals surface area contributed by atoms with Crippen LogP contribution < -0.4 is 19.5 Å². The summed E-state index contributed by atoms with van der Waals surface area (Å²) < 4.78 is 29.4. The minimum Gasteiger partial charge on any atom is -0.488 e. The SMILES string of the molecule is O=C(NCC1Cc2cc(F)ccc2O1)c1ccc2c(c1)OCO2. The molecule has 1 atom stereocenters. The standard InChI is InChI=1S/C17H14FNO4/c18-12-2-4-14-11(5-12)6-13(23-14)8-19-17(20)10-1-3-15-16(7-10)22-9-21-15/h1-5,7,13H,6,8-9H2,(H,19,20). The van der Waals surface area contributed by atoms with Gasteiger partial charge in [-0.3, -0.25) is 4.79 Å². The van der Waals surface area contributed by atoms with E-state index in [4.69, 9.17) is 14.2 Å². The highest BCUT2D eigenvalue weighted by Gasteiger charge is 2.24. The summed E-state index contributed by atoms with van der Waals surface area (Å²) in [4.78, 5) is 12.2. The van der Waals surface area contributed by atoms with Gasteiger partial charge >= 0.3 is 0 Å². The van der Waals surface area contributed by atoms with Crippen molar-refractivity contribution in [3.8, 4) is 17.2 Å². The molecule has 0 aliphatic carbocycles. The molecule has 0 spiro atoms. The predicted molar refractivity (Wildman–Crippen MR) is 79.4 cm³/mol. The fourth-order valence-electron chi connectivity index (χ4n) is 2.75. The molecular formula is C17H14FNO4. The summed E-state index contributed by atoms with van der Waals surface area (Å²) in [5.41, 5.74) is 1.32. The molecule has 0 fully saturated rings. The highest BCUT2D eigenvalue weighted by atomic mass is 19.1. The van der Waals surface area contributed by atoms with Crippen LogP contribution in [0.15, 0.2) is 36.4 Å². The summed E-state index contributed by atoms with van der Waals surface area (Å²) in [6.45, 7) is 0.523. The van der Waals surface area contributed by atoms with Crippen molar-refractivity contribution in [3.63, 3.8) is 0 Å². The van der Waals surface area contributed by atoms with Crippen molar-refractivity contribution < 1.29 is 23.4 Å². The molecule has 2 aromatic rings. The van der Waals surface area contributed by atoms with E-state index in [0.717, 1.165) is 5.56 Å². The van der Waals surface area contributed by atoms with Crippen LogP contribution in [0.4, 0.5) is 4.39 Å². The molecular weight excluding hydrogens is 301 g/mol. The van der Waals surface area contributed by atoms with Gasteiger partial charge in [0.2, 0.25) is 6.79 Å². The molecule has 1 amide bonds. The van der Waals surface area contributed by atoms with Crippen molar-refractivity contribution in [1.82, 2.24) is 5.32 Å². The molecule has 23 heavy (non-hydrogen) atoms. The molecule has 1 unspecified atom stereocenters. The number of ether oxygens (including phenoxy) is 3. The van der Waals surface area contributed by atoms with E-state index in [0.29, 0.717) is 35.8 Å². The summed E-state index contributed by atoms with van der Waals surface area (Å²) in [7, 11) is 0. The van der Waals surface area contributed by atoms with Crippen LogP contribution in [0.25, 0.3) is 0 Å². The Morgan fingerprint density at radius 1 is 1.13 bits per heavy atom. The lowest BCUT2D eigenvalue weighted by atomic mass is 10.1. The number of hydrogen-bond donors (Lipinski definition) is 1. The van der Waals surface area contributed by atoms with Gasteiger partial charge in [-0.15, -0.1) is 0 Å². The predicted octanol–water partition coefficient (Wildman–Crippen LogP) is 2.29. The third-order valence-electron chi connectivity index (χ3n) is 3.89. The van der Waals surface area contributed by atoms with E-state index in [2.05, 4.69) is 5.32 Å². The average Bonchev–Trinajstić information content (AvgIpc) is 3.17. The van der Waals surface area contributed by atoms with Crippen LogP contribution in [-0.4, -0.2) is 25.3 Å². The van der Waals surface area contributed by atoms with Crippen LogP contribution in [0.2, 0.25) is 0 Å². The normalized spacial score (nSPS) is 17.5. The van der Waals surface area contributed by atoms with Gasteiger partial charge in [-0.05, 0) is 36.4 Å². The molecule has 0 aromatic heterocycles. The maximum absolute atomic E-state index is 13.2. The fraction of sp³-hybridized carbons (Fsp3) is 0.235. The van der Waals surface area contributed by atoms with Crippen LogP contribution in [0, 0.1) is 5.82 Å². The first kappa shape index (κ1) is 13.9.